The summed E-state index contributed by atoms with van der Waals surface area (Å²) in [6.07, 6.45) is 2.70. The van der Waals surface area contributed by atoms with E-state index >= 15 is 0 Å². The van der Waals surface area contributed by atoms with Crippen LogP contribution in [0.2, 0.25) is 0 Å². The minimum absolute atomic E-state index is 0.110. The molecule has 0 radical (unpaired) electrons. The zero-order valence-corrected chi connectivity index (χ0v) is 10.0. The topological polar surface area (TPSA) is 20.3 Å². The van der Waals surface area contributed by atoms with Crippen molar-refractivity contribution in [2.75, 3.05) is 14.1 Å². The maximum absolute atomic E-state index is 11.8. The number of hydrogen-bond donors (Lipinski definition) is 0. The molecule has 1 aromatic rings. The van der Waals surface area contributed by atoms with Gasteiger partial charge in [-0.2, -0.15) is 0 Å². The van der Waals surface area contributed by atoms with Gasteiger partial charge in [0.15, 0.2) is 0 Å². The zero-order chi connectivity index (χ0) is 11.5. The number of carbonyl (C=O) groups excluding carboxylic acids is 1. The molecule has 0 heterocycles. The summed E-state index contributed by atoms with van der Waals surface area (Å²) in [6, 6.07) is 10.7. The van der Waals surface area contributed by atoms with Gasteiger partial charge in [-0.25, -0.2) is 0 Å². The van der Waals surface area contributed by atoms with Crippen LogP contribution in [0.5, 0.6) is 0 Å². The van der Waals surface area contributed by atoms with Gasteiger partial charge in [-0.05, 0) is 38.4 Å². The molecule has 0 spiro atoms. The number of carbonyl (C=O) groups is 1. The Kier molecular flexibility index (Phi) is 3.39. The predicted molar refractivity (Wildman–Crippen MR) is 65.5 cm³/mol. The van der Waals surface area contributed by atoms with Gasteiger partial charge in [-0.3, -0.25) is 9.69 Å². The molecule has 1 aliphatic rings. The third-order valence-electron chi connectivity index (χ3n) is 3.51. The molecule has 0 aliphatic heterocycles. The molecular formula is C14H19NO. The molecule has 86 valence electrons. The van der Waals surface area contributed by atoms with E-state index in [9.17, 15) is 4.79 Å². The number of rotatable bonds is 2. The van der Waals surface area contributed by atoms with Gasteiger partial charge in [0.05, 0.1) is 6.04 Å². The second kappa shape index (κ2) is 4.79. The Hall–Kier alpha value is -1.15. The van der Waals surface area contributed by atoms with E-state index in [-0.39, 0.29) is 6.04 Å². The van der Waals surface area contributed by atoms with Crippen LogP contribution in [0, 0.1) is 0 Å². The predicted octanol–water partition coefficient (Wildman–Crippen LogP) is 2.45. The van der Waals surface area contributed by atoms with E-state index in [1.807, 2.05) is 20.2 Å². The van der Waals surface area contributed by atoms with E-state index in [1.54, 1.807) is 0 Å². The van der Waals surface area contributed by atoms with Crippen molar-refractivity contribution in [3.8, 4) is 0 Å². The number of benzene rings is 1. The monoisotopic (exact) mass is 217 g/mol. The lowest BCUT2D eigenvalue weighted by molar-refractivity contribution is -0.125. The van der Waals surface area contributed by atoms with Gasteiger partial charge in [0.2, 0.25) is 0 Å². The van der Waals surface area contributed by atoms with E-state index in [1.165, 1.54) is 5.56 Å². The quantitative estimate of drug-likeness (QED) is 0.758. The van der Waals surface area contributed by atoms with Gasteiger partial charge < -0.3 is 0 Å². The summed E-state index contributed by atoms with van der Waals surface area (Å²) in [6.45, 7) is 0. The highest BCUT2D eigenvalue weighted by molar-refractivity contribution is 5.85. The Morgan fingerprint density at radius 2 is 1.88 bits per heavy atom. The maximum Gasteiger partial charge on any atom is 0.149 e. The summed E-state index contributed by atoms with van der Waals surface area (Å²) in [5, 5.41) is 0. The number of hydrogen-bond acceptors (Lipinski definition) is 2. The Bertz CT molecular complexity index is 358. The molecule has 1 fully saturated rings. The van der Waals surface area contributed by atoms with E-state index in [0.717, 1.165) is 19.3 Å². The summed E-state index contributed by atoms with van der Waals surface area (Å²) in [4.78, 5) is 13.8. The first-order valence-electron chi connectivity index (χ1n) is 5.92. The van der Waals surface area contributed by atoms with Gasteiger partial charge in [0.1, 0.15) is 5.78 Å². The van der Waals surface area contributed by atoms with E-state index in [4.69, 9.17) is 0 Å². The normalized spacial score (nSPS) is 26.1. The maximum atomic E-state index is 11.8. The van der Waals surface area contributed by atoms with E-state index in [2.05, 4.69) is 29.2 Å². The first-order chi connectivity index (χ1) is 7.68. The molecule has 0 amide bonds. The first-order valence-corrected chi connectivity index (χ1v) is 5.92. The molecule has 2 unspecified atom stereocenters. The summed E-state index contributed by atoms with van der Waals surface area (Å²) in [7, 11) is 3.99. The van der Waals surface area contributed by atoms with Crippen LogP contribution in [0.15, 0.2) is 30.3 Å². The average molecular weight is 217 g/mol. The second-order valence-corrected chi connectivity index (χ2v) is 4.83. The summed E-state index contributed by atoms with van der Waals surface area (Å²) < 4.78 is 0. The molecule has 1 aliphatic carbocycles. The molecule has 2 heteroatoms. The van der Waals surface area contributed by atoms with Crippen molar-refractivity contribution in [1.29, 1.82) is 0 Å². The molecular weight excluding hydrogens is 198 g/mol. The minimum atomic E-state index is 0.110. The van der Waals surface area contributed by atoms with E-state index < -0.39 is 0 Å². The van der Waals surface area contributed by atoms with Crippen molar-refractivity contribution in [3.63, 3.8) is 0 Å². The van der Waals surface area contributed by atoms with Gasteiger partial charge in [0, 0.05) is 6.42 Å². The number of ketones is 1. The van der Waals surface area contributed by atoms with E-state index in [0.29, 0.717) is 11.7 Å². The molecule has 1 aromatic carbocycles. The standard InChI is InChI=1S/C14H19NO/c1-15(2)13-10-12(8-9-14(13)16)11-6-4-3-5-7-11/h3-7,12-13H,8-10H2,1-2H3. The molecule has 0 aromatic heterocycles. The molecule has 2 nitrogen and oxygen atoms in total. The van der Waals surface area contributed by atoms with Gasteiger partial charge in [-0.1, -0.05) is 30.3 Å². The zero-order valence-electron chi connectivity index (χ0n) is 10.0. The molecule has 16 heavy (non-hydrogen) atoms. The summed E-state index contributed by atoms with van der Waals surface area (Å²) in [5.41, 5.74) is 1.38. The smallest absolute Gasteiger partial charge is 0.149 e. The molecule has 2 atom stereocenters. The number of nitrogens with zero attached hydrogens (tertiary/aromatic N) is 1. The fourth-order valence-electron chi connectivity index (χ4n) is 2.53. The molecule has 0 saturated heterocycles. The lowest BCUT2D eigenvalue weighted by atomic mass is 9.80. The van der Waals surface area contributed by atoms with Crippen molar-refractivity contribution in [2.24, 2.45) is 0 Å². The van der Waals surface area contributed by atoms with Crippen molar-refractivity contribution in [3.05, 3.63) is 35.9 Å². The number of Topliss-reactive ketones (excluding diaryl/α,β-unsaturated/α-hetero) is 1. The minimum Gasteiger partial charge on any atom is -0.300 e. The van der Waals surface area contributed by atoms with Crippen molar-refractivity contribution in [2.45, 2.75) is 31.2 Å². The van der Waals surface area contributed by atoms with Crippen LogP contribution in [-0.2, 0) is 4.79 Å². The largest absolute Gasteiger partial charge is 0.300 e. The summed E-state index contributed by atoms with van der Waals surface area (Å²) in [5.74, 6) is 0.948. The fraction of sp³-hybridized carbons (Fsp3) is 0.500. The highest BCUT2D eigenvalue weighted by Gasteiger charge is 2.30. The van der Waals surface area contributed by atoms with Crippen LogP contribution >= 0.6 is 0 Å². The lowest BCUT2D eigenvalue weighted by Gasteiger charge is -2.32. The third-order valence-corrected chi connectivity index (χ3v) is 3.51. The summed E-state index contributed by atoms with van der Waals surface area (Å²) >= 11 is 0. The Morgan fingerprint density at radius 3 is 2.50 bits per heavy atom. The van der Waals surface area contributed by atoms with Crippen LogP contribution in [0.4, 0.5) is 0 Å². The highest BCUT2D eigenvalue weighted by atomic mass is 16.1. The third kappa shape index (κ3) is 2.33. The van der Waals surface area contributed by atoms with Crippen LogP contribution in [0.1, 0.15) is 30.7 Å². The number of likely N-dealkylation sites (N-methyl/N-ethyl adjacent to an activating group) is 1. The van der Waals surface area contributed by atoms with Crippen LogP contribution in [0.25, 0.3) is 0 Å². The SMILES string of the molecule is CN(C)C1CC(c2ccccc2)CCC1=O. The molecule has 0 N–H and O–H groups in total. The molecule has 2 rings (SSSR count). The molecule has 0 bridgehead atoms. The van der Waals surface area contributed by atoms with Gasteiger partial charge in [0.25, 0.3) is 0 Å². The van der Waals surface area contributed by atoms with Crippen molar-refractivity contribution in [1.82, 2.24) is 4.90 Å². The van der Waals surface area contributed by atoms with Crippen LogP contribution in [0.3, 0.4) is 0 Å². The van der Waals surface area contributed by atoms with Crippen LogP contribution < -0.4 is 0 Å². The average Bonchev–Trinajstić information content (AvgIpc) is 2.30. The first kappa shape index (κ1) is 11.3. The van der Waals surface area contributed by atoms with Gasteiger partial charge >= 0.3 is 0 Å². The fourth-order valence-corrected chi connectivity index (χ4v) is 2.53. The second-order valence-electron chi connectivity index (χ2n) is 4.83. The van der Waals surface area contributed by atoms with Crippen LogP contribution in [-0.4, -0.2) is 30.8 Å². The van der Waals surface area contributed by atoms with Crippen molar-refractivity contribution >= 4 is 5.78 Å². The molecule has 1 saturated carbocycles. The Morgan fingerprint density at radius 1 is 1.19 bits per heavy atom. The Balaban J connectivity index is 2.12. The lowest BCUT2D eigenvalue weighted by Crippen LogP contribution is -2.40. The highest BCUT2D eigenvalue weighted by Crippen LogP contribution is 2.32. The Labute approximate surface area is 97.3 Å². The van der Waals surface area contributed by atoms with Gasteiger partial charge in [-0.15, -0.1) is 0 Å². The van der Waals surface area contributed by atoms with Crippen molar-refractivity contribution < 1.29 is 4.79 Å².